The average molecular weight is 345 g/mol. The van der Waals surface area contributed by atoms with E-state index in [0.29, 0.717) is 24.0 Å². The third kappa shape index (κ3) is 3.81. The summed E-state index contributed by atoms with van der Waals surface area (Å²) in [5, 5.41) is 4.25. The maximum absolute atomic E-state index is 13.8. The lowest BCUT2D eigenvalue weighted by Gasteiger charge is -2.34. The summed E-state index contributed by atoms with van der Waals surface area (Å²) in [6.07, 6.45) is 3.44. The van der Waals surface area contributed by atoms with Crippen LogP contribution in [0.4, 0.5) is 10.2 Å². The van der Waals surface area contributed by atoms with E-state index < -0.39 is 0 Å². The molecule has 3 heterocycles. The standard InChI is InChI=1S/C18H24FN5O/c1-13-11-16(21-23(13)3)18(25)22(2)12-14-6-9-24(10-7-14)17-15(19)5-4-8-20-17/h4-5,8,11,14H,6-7,9-10,12H2,1-3H3. The average Bonchev–Trinajstić information content (AvgIpc) is 2.94. The van der Waals surface area contributed by atoms with E-state index in [9.17, 15) is 9.18 Å². The lowest BCUT2D eigenvalue weighted by atomic mass is 9.96. The molecule has 0 aromatic carbocycles. The van der Waals surface area contributed by atoms with Crippen molar-refractivity contribution in [3.63, 3.8) is 0 Å². The largest absolute Gasteiger partial charge is 0.354 e. The Morgan fingerprint density at radius 3 is 2.72 bits per heavy atom. The highest BCUT2D eigenvalue weighted by molar-refractivity contribution is 5.92. The minimum atomic E-state index is -0.279. The highest BCUT2D eigenvalue weighted by Crippen LogP contribution is 2.24. The molecule has 134 valence electrons. The van der Waals surface area contributed by atoms with E-state index in [-0.39, 0.29) is 11.7 Å². The Morgan fingerprint density at radius 2 is 2.12 bits per heavy atom. The topological polar surface area (TPSA) is 54.3 Å². The first-order valence-corrected chi connectivity index (χ1v) is 8.57. The van der Waals surface area contributed by atoms with Gasteiger partial charge in [-0.25, -0.2) is 9.37 Å². The number of nitrogens with zero attached hydrogens (tertiary/aromatic N) is 5. The van der Waals surface area contributed by atoms with Crippen molar-refractivity contribution in [2.45, 2.75) is 19.8 Å². The zero-order chi connectivity index (χ0) is 18.0. The van der Waals surface area contributed by atoms with Crippen LogP contribution < -0.4 is 4.90 Å². The molecule has 0 unspecified atom stereocenters. The van der Waals surface area contributed by atoms with Crippen LogP contribution in [0.5, 0.6) is 0 Å². The summed E-state index contributed by atoms with van der Waals surface area (Å²) in [5.74, 6) is 0.497. The fourth-order valence-corrected chi connectivity index (χ4v) is 3.27. The van der Waals surface area contributed by atoms with Gasteiger partial charge in [-0.05, 0) is 43.9 Å². The molecule has 1 fully saturated rings. The van der Waals surface area contributed by atoms with Crippen molar-refractivity contribution in [2.24, 2.45) is 13.0 Å². The summed E-state index contributed by atoms with van der Waals surface area (Å²) in [6, 6.07) is 4.85. The molecule has 1 saturated heterocycles. The summed E-state index contributed by atoms with van der Waals surface area (Å²) in [5.41, 5.74) is 1.44. The van der Waals surface area contributed by atoms with Gasteiger partial charge >= 0.3 is 0 Å². The highest BCUT2D eigenvalue weighted by Gasteiger charge is 2.25. The number of aryl methyl sites for hydroxylation is 2. The fourth-order valence-electron chi connectivity index (χ4n) is 3.27. The first-order valence-electron chi connectivity index (χ1n) is 8.57. The molecule has 2 aromatic heterocycles. The van der Waals surface area contributed by atoms with E-state index >= 15 is 0 Å². The van der Waals surface area contributed by atoms with Crippen molar-refractivity contribution in [3.8, 4) is 0 Å². The van der Waals surface area contributed by atoms with Crippen LogP contribution in [0.15, 0.2) is 24.4 Å². The van der Waals surface area contributed by atoms with Crippen LogP contribution in [-0.4, -0.2) is 52.3 Å². The van der Waals surface area contributed by atoms with Gasteiger partial charge < -0.3 is 9.80 Å². The maximum atomic E-state index is 13.8. The van der Waals surface area contributed by atoms with Gasteiger partial charge in [-0.2, -0.15) is 5.10 Å². The molecule has 7 heteroatoms. The molecule has 1 amide bonds. The van der Waals surface area contributed by atoms with Gasteiger partial charge in [0, 0.05) is 45.6 Å². The van der Waals surface area contributed by atoms with Crippen LogP contribution in [0.1, 0.15) is 29.0 Å². The zero-order valence-electron chi connectivity index (χ0n) is 14.9. The van der Waals surface area contributed by atoms with E-state index in [1.807, 2.05) is 32.0 Å². The summed E-state index contributed by atoms with van der Waals surface area (Å²) in [7, 11) is 3.65. The smallest absolute Gasteiger partial charge is 0.274 e. The zero-order valence-corrected chi connectivity index (χ0v) is 14.9. The van der Waals surface area contributed by atoms with Crippen LogP contribution in [0, 0.1) is 18.7 Å². The number of hydrogen-bond acceptors (Lipinski definition) is 4. The van der Waals surface area contributed by atoms with Crippen molar-refractivity contribution >= 4 is 11.7 Å². The monoisotopic (exact) mass is 345 g/mol. The van der Waals surface area contributed by atoms with Gasteiger partial charge in [-0.3, -0.25) is 9.48 Å². The number of piperidine rings is 1. The number of halogens is 1. The third-order valence-corrected chi connectivity index (χ3v) is 4.86. The molecule has 1 aliphatic rings. The SMILES string of the molecule is Cc1cc(C(=O)N(C)CC2CCN(c3ncccc3F)CC2)nn1C. The molecular weight excluding hydrogens is 321 g/mol. The van der Waals surface area contributed by atoms with Crippen molar-refractivity contribution in [3.05, 3.63) is 41.6 Å². The second-order valence-corrected chi connectivity index (χ2v) is 6.72. The van der Waals surface area contributed by atoms with Crippen LogP contribution in [0.25, 0.3) is 0 Å². The molecule has 1 aliphatic heterocycles. The lowest BCUT2D eigenvalue weighted by Crippen LogP contribution is -2.40. The quantitative estimate of drug-likeness (QED) is 0.853. The molecule has 0 bridgehead atoms. The maximum Gasteiger partial charge on any atom is 0.274 e. The van der Waals surface area contributed by atoms with Gasteiger partial charge in [0.2, 0.25) is 0 Å². The van der Waals surface area contributed by atoms with Crippen molar-refractivity contribution in [1.82, 2.24) is 19.7 Å². The van der Waals surface area contributed by atoms with Gasteiger partial charge in [-0.1, -0.05) is 0 Å². The third-order valence-electron chi connectivity index (χ3n) is 4.86. The summed E-state index contributed by atoms with van der Waals surface area (Å²) >= 11 is 0. The van der Waals surface area contributed by atoms with E-state index in [1.165, 1.54) is 6.07 Å². The first-order chi connectivity index (χ1) is 12.0. The number of rotatable bonds is 4. The molecular formula is C18H24FN5O. The minimum absolute atomic E-state index is 0.0538. The van der Waals surface area contributed by atoms with E-state index in [0.717, 1.165) is 31.6 Å². The van der Waals surface area contributed by atoms with Gasteiger partial charge in [0.15, 0.2) is 17.3 Å². The van der Waals surface area contributed by atoms with Gasteiger partial charge in [0.1, 0.15) is 0 Å². The van der Waals surface area contributed by atoms with E-state index in [4.69, 9.17) is 0 Å². The molecule has 0 atom stereocenters. The van der Waals surface area contributed by atoms with Crippen molar-refractivity contribution in [2.75, 3.05) is 31.6 Å². The number of pyridine rings is 1. The van der Waals surface area contributed by atoms with Gasteiger partial charge in [0.25, 0.3) is 5.91 Å². The predicted octanol–water partition coefficient (Wildman–Crippen LogP) is 2.25. The Morgan fingerprint density at radius 1 is 1.40 bits per heavy atom. The van der Waals surface area contributed by atoms with Crippen LogP contribution in [0.3, 0.4) is 0 Å². The molecule has 6 nitrogen and oxygen atoms in total. The summed E-state index contributed by atoms with van der Waals surface area (Å²) in [4.78, 5) is 20.4. The molecule has 0 N–H and O–H groups in total. The Hall–Kier alpha value is -2.44. The molecule has 0 spiro atoms. The van der Waals surface area contributed by atoms with E-state index in [1.54, 1.807) is 21.8 Å². The molecule has 3 rings (SSSR count). The predicted molar refractivity (Wildman–Crippen MR) is 94.0 cm³/mol. The minimum Gasteiger partial charge on any atom is -0.354 e. The summed E-state index contributed by atoms with van der Waals surface area (Å²) in [6.45, 7) is 4.12. The number of anilines is 1. The number of amides is 1. The number of hydrogen-bond donors (Lipinski definition) is 0. The molecule has 25 heavy (non-hydrogen) atoms. The lowest BCUT2D eigenvalue weighted by molar-refractivity contribution is 0.0758. The molecule has 2 aromatic rings. The van der Waals surface area contributed by atoms with Crippen LogP contribution >= 0.6 is 0 Å². The van der Waals surface area contributed by atoms with E-state index in [2.05, 4.69) is 10.1 Å². The Bertz CT molecular complexity index is 732. The number of carbonyl (C=O) groups excluding carboxylic acids is 1. The number of aromatic nitrogens is 3. The second kappa shape index (κ2) is 7.21. The Balaban J connectivity index is 1.55. The van der Waals surface area contributed by atoms with Gasteiger partial charge in [-0.15, -0.1) is 0 Å². The molecule has 0 aliphatic carbocycles. The number of carbonyl (C=O) groups is 1. The second-order valence-electron chi connectivity index (χ2n) is 6.72. The summed E-state index contributed by atoms with van der Waals surface area (Å²) < 4.78 is 15.6. The fraction of sp³-hybridized carbons (Fsp3) is 0.500. The normalized spacial score (nSPS) is 15.4. The molecule has 0 saturated carbocycles. The molecule has 0 radical (unpaired) electrons. The first kappa shape index (κ1) is 17.4. The Kier molecular flexibility index (Phi) is 5.01. The van der Waals surface area contributed by atoms with Crippen LogP contribution in [-0.2, 0) is 7.05 Å². The van der Waals surface area contributed by atoms with Gasteiger partial charge in [0.05, 0.1) is 0 Å². The Labute approximate surface area is 147 Å². The van der Waals surface area contributed by atoms with Crippen LogP contribution in [0.2, 0.25) is 0 Å². The highest BCUT2D eigenvalue weighted by atomic mass is 19.1. The van der Waals surface area contributed by atoms with Crippen molar-refractivity contribution < 1.29 is 9.18 Å². The van der Waals surface area contributed by atoms with Crippen molar-refractivity contribution in [1.29, 1.82) is 0 Å².